The highest BCUT2D eigenvalue weighted by Crippen LogP contribution is 2.34. The molecule has 1 aliphatic rings. The third-order valence-electron chi connectivity index (χ3n) is 3.01. The summed E-state index contributed by atoms with van der Waals surface area (Å²) in [6.45, 7) is 9.88. The summed E-state index contributed by atoms with van der Waals surface area (Å²) in [5.74, 6) is 0.613. The Balaban J connectivity index is 2.10. The lowest BCUT2D eigenvalue weighted by molar-refractivity contribution is -0.0147. The van der Waals surface area contributed by atoms with Gasteiger partial charge in [0.25, 0.3) is 0 Å². The lowest BCUT2D eigenvalue weighted by Crippen LogP contribution is -2.36. The van der Waals surface area contributed by atoms with Crippen LogP contribution in [0.25, 0.3) is 0 Å². The number of hydrogen-bond donors (Lipinski definition) is 1. The first-order valence-corrected chi connectivity index (χ1v) is 5.87. The molecule has 0 spiro atoms. The molecule has 0 bridgehead atoms. The van der Waals surface area contributed by atoms with E-state index in [-0.39, 0.29) is 0 Å². The van der Waals surface area contributed by atoms with Crippen molar-refractivity contribution < 1.29 is 4.84 Å². The quantitative estimate of drug-likeness (QED) is 0.702. The van der Waals surface area contributed by atoms with Crippen LogP contribution in [0.4, 0.5) is 0 Å². The smallest absolute Gasteiger partial charge is 0.0705 e. The molecule has 0 aromatic carbocycles. The summed E-state index contributed by atoms with van der Waals surface area (Å²) in [6.07, 6.45) is 5.14. The van der Waals surface area contributed by atoms with Crippen LogP contribution in [0, 0.1) is 11.3 Å². The van der Waals surface area contributed by atoms with Crippen LogP contribution >= 0.6 is 0 Å². The summed E-state index contributed by atoms with van der Waals surface area (Å²) in [4.78, 5) is 5.45. The maximum absolute atomic E-state index is 5.45. The Bertz CT molecular complexity index is 156. The van der Waals surface area contributed by atoms with Crippen LogP contribution in [0.2, 0.25) is 0 Å². The second-order valence-electron chi connectivity index (χ2n) is 5.76. The highest BCUT2D eigenvalue weighted by molar-refractivity contribution is 4.80. The summed E-state index contributed by atoms with van der Waals surface area (Å²) < 4.78 is 0. The van der Waals surface area contributed by atoms with E-state index < -0.39 is 0 Å². The molecule has 1 rings (SSSR count). The average Bonchev–Trinajstić information content (AvgIpc) is 2.07. The molecule has 14 heavy (non-hydrogen) atoms. The fourth-order valence-corrected chi connectivity index (χ4v) is 1.85. The zero-order valence-corrected chi connectivity index (χ0v) is 10.1. The molecule has 1 N–H and O–H groups in total. The molecule has 0 radical (unpaired) electrons. The fourth-order valence-electron chi connectivity index (χ4n) is 1.85. The van der Waals surface area contributed by atoms with E-state index in [0.717, 1.165) is 6.61 Å². The maximum atomic E-state index is 5.45. The molecule has 84 valence electrons. The van der Waals surface area contributed by atoms with E-state index in [1.165, 1.54) is 25.7 Å². The van der Waals surface area contributed by atoms with Crippen molar-refractivity contribution in [1.82, 2.24) is 5.48 Å². The summed E-state index contributed by atoms with van der Waals surface area (Å²) in [5.41, 5.74) is 3.74. The highest BCUT2D eigenvalue weighted by atomic mass is 16.6. The molecule has 0 aromatic rings. The summed E-state index contributed by atoms with van der Waals surface area (Å²) in [6, 6.07) is 0.585. The SMILES string of the molecule is CC(C)CONC1CCC(C)(C)CC1. The Morgan fingerprint density at radius 2 is 1.86 bits per heavy atom. The number of hydroxylamine groups is 1. The van der Waals surface area contributed by atoms with E-state index in [1.54, 1.807) is 0 Å². The van der Waals surface area contributed by atoms with Crippen molar-refractivity contribution in [2.24, 2.45) is 11.3 Å². The van der Waals surface area contributed by atoms with Crippen molar-refractivity contribution >= 4 is 0 Å². The standard InChI is InChI=1S/C12H25NO/c1-10(2)9-14-13-11-5-7-12(3,4)8-6-11/h10-11,13H,5-9H2,1-4H3. The molecule has 0 aromatic heterocycles. The van der Waals surface area contributed by atoms with Gasteiger partial charge in [-0.15, -0.1) is 0 Å². The molecule has 0 unspecified atom stereocenters. The Morgan fingerprint density at radius 3 is 2.36 bits per heavy atom. The van der Waals surface area contributed by atoms with Gasteiger partial charge >= 0.3 is 0 Å². The molecule has 0 atom stereocenters. The Morgan fingerprint density at radius 1 is 1.29 bits per heavy atom. The molecular weight excluding hydrogens is 174 g/mol. The van der Waals surface area contributed by atoms with Crippen LogP contribution in [0.3, 0.4) is 0 Å². The van der Waals surface area contributed by atoms with E-state index in [0.29, 0.717) is 17.4 Å². The van der Waals surface area contributed by atoms with Crippen LogP contribution in [-0.2, 0) is 4.84 Å². The molecule has 1 aliphatic carbocycles. The first-order chi connectivity index (χ1) is 6.49. The third-order valence-corrected chi connectivity index (χ3v) is 3.01. The maximum Gasteiger partial charge on any atom is 0.0705 e. The first kappa shape index (κ1) is 12.0. The minimum atomic E-state index is 0.552. The minimum absolute atomic E-state index is 0.552. The Kier molecular flexibility index (Phi) is 4.39. The van der Waals surface area contributed by atoms with Gasteiger partial charge in [-0.25, -0.2) is 0 Å². The van der Waals surface area contributed by atoms with Gasteiger partial charge < -0.3 is 4.84 Å². The Hall–Kier alpha value is -0.0800. The highest BCUT2D eigenvalue weighted by Gasteiger charge is 2.26. The predicted octanol–water partition coefficient (Wildman–Crippen LogP) is 3.13. The van der Waals surface area contributed by atoms with Crippen molar-refractivity contribution in [3.05, 3.63) is 0 Å². The van der Waals surface area contributed by atoms with Crippen LogP contribution in [-0.4, -0.2) is 12.6 Å². The van der Waals surface area contributed by atoms with Gasteiger partial charge in [-0.2, -0.15) is 5.48 Å². The predicted molar refractivity (Wildman–Crippen MR) is 60.0 cm³/mol. The van der Waals surface area contributed by atoms with Crippen LogP contribution in [0.5, 0.6) is 0 Å². The second kappa shape index (κ2) is 5.13. The van der Waals surface area contributed by atoms with Gasteiger partial charge in [0, 0.05) is 6.04 Å². The first-order valence-electron chi connectivity index (χ1n) is 5.87. The number of rotatable bonds is 4. The van der Waals surface area contributed by atoms with E-state index in [4.69, 9.17) is 4.84 Å². The molecule has 0 saturated heterocycles. The molecule has 0 aliphatic heterocycles. The second-order valence-corrected chi connectivity index (χ2v) is 5.76. The van der Waals surface area contributed by atoms with Crippen molar-refractivity contribution in [2.75, 3.05) is 6.61 Å². The van der Waals surface area contributed by atoms with Crippen LogP contribution in [0.15, 0.2) is 0 Å². The van der Waals surface area contributed by atoms with E-state index in [1.807, 2.05) is 0 Å². The largest absolute Gasteiger partial charge is 0.301 e. The lowest BCUT2D eigenvalue weighted by atomic mass is 9.76. The third kappa shape index (κ3) is 4.43. The molecule has 2 heteroatoms. The van der Waals surface area contributed by atoms with Crippen molar-refractivity contribution in [3.8, 4) is 0 Å². The van der Waals surface area contributed by atoms with E-state index in [9.17, 15) is 0 Å². The van der Waals surface area contributed by atoms with Crippen LogP contribution < -0.4 is 5.48 Å². The van der Waals surface area contributed by atoms with Gasteiger partial charge in [-0.05, 0) is 37.0 Å². The molecule has 1 fully saturated rings. The number of hydrogen-bond acceptors (Lipinski definition) is 2. The Labute approximate surface area is 88.4 Å². The lowest BCUT2D eigenvalue weighted by Gasteiger charge is -2.34. The number of nitrogens with one attached hydrogen (secondary N) is 1. The summed E-state index contributed by atoms with van der Waals surface area (Å²) >= 11 is 0. The zero-order chi connectivity index (χ0) is 10.6. The fraction of sp³-hybridized carbons (Fsp3) is 1.00. The zero-order valence-electron chi connectivity index (χ0n) is 10.1. The summed E-state index contributed by atoms with van der Waals surface area (Å²) in [5, 5.41) is 0. The summed E-state index contributed by atoms with van der Waals surface area (Å²) in [7, 11) is 0. The van der Waals surface area contributed by atoms with Crippen molar-refractivity contribution in [3.63, 3.8) is 0 Å². The van der Waals surface area contributed by atoms with Gasteiger partial charge in [0.15, 0.2) is 0 Å². The average molecular weight is 199 g/mol. The van der Waals surface area contributed by atoms with Crippen molar-refractivity contribution in [1.29, 1.82) is 0 Å². The molecular formula is C12H25NO. The van der Waals surface area contributed by atoms with E-state index in [2.05, 4.69) is 33.2 Å². The van der Waals surface area contributed by atoms with Gasteiger partial charge in [0.1, 0.15) is 0 Å². The molecule has 1 saturated carbocycles. The van der Waals surface area contributed by atoms with Crippen LogP contribution in [0.1, 0.15) is 53.4 Å². The van der Waals surface area contributed by atoms with Gasteiger partial charge in [-0.1, -0.05) is 27.7 Å². The molecule has 2 nitrogen and oxygen atoms in total. The monoisotopic (exact) mass is 199 g/mol. The molecule has 0 amide bonds. The topological polar surface area (TPSA) is 21.3 Å². The normalized spacial score (nSPS) is 22.9. The van der Waals surface area contributed by atoms with Gasteiger partial charge in [-0.3, -0.25) is 0 Å². The molecule has 0 heterocycles. The van der Waals surface area contributed by atoms with E-state index >= 15 is 0 Å². The minimum Gasteiger partial charge on any atom is -0.301 e. The van der Waals surface area contributed by atoms with Gasteiger partial charge in [0.2, 0.25) is 0 Å². The van der Waals surface area contributed by atoms with Crippen molar-refractivity contribution in [2.45, 2.75) is 59.4 Å². The van der Waals surface area contributed by atoms with Gasteiger partial charge in [0.05, 0.1) is 6.61 Å².